The fourth-order valence-corrected chi connectivity index (χ4v) is 12.0. The van der Waals surface area contributed by atoms with Gasteiger partial charge in [-0.2, -0.15) is 0 Å². The van der Waals surface area contributed by atoms with Crippen LogP contribution in [0.25, 0.3) is 0 Å². The van der Waals surface area contributed by atoms with Gasteiger partial charge in [-0.1, -0.05) is 263 Å². The van der Waals surface area contributed by atoms with E-state index in [1.807, 2.05) is 6.08 Å². The molecule has 3 rings (SSSR count). The number of unbranched alkanes of at least 4 members (excludes halogenated alkanes) is 22. The van der Waals surface area contributed by atoms with Crippen molar-refractivity contribution >= 4 is 5.91 Å². The smallest absolute Gasteiger partial charge is 0.220 e. The number of ether oxygens (including phenoxy) is 6. The molecule has 3 aliphatic rings. The second-order valence-corrected chi connectivity index (χ2v) is 26.7. The Morgan fingerprint density at radius 2 is 0.700 bits per heavy atom. The van der Waals surface area contributed by atoms with Crippen molar-refractivity contribution < 1.29 is 89.4 Å². The van der Waals surface area contributed by atoms with Crippen molar-refractivity contribution in [1.29, 1.82) is 0 Å². The predicted octanol–water partition coefficient (Wildman–Crippen LogP) is 12.1. The van der Waals surface area contributed by atoms with Crippen molar-refractivity contribution in [2.45, 2.75) is 343 Å². The van der Waals surface area contributed by atoms with Crippen LogP contribution in [0, 0.1) is 0 Å². The first kappa shape index (κ1) is 90.1. The number of aliphatic hydroxyl groups excluding tert-OH is 11. The van der Waals surface area contributed by atoms with E-state index in [1.165, 1.54) is 96.3 Å². The zero-order chi connectivity index (χ0) is 72.5. The molecule has 3 saturated heterocycles. The number of aliphatic hydroxyl groups is 11. The van der Waals surface area contributed by atoms with Crippen LogP contribution in [0.1, 0.15) is 239 Å². The van der Waals surface area contributed by atoms with Gasteiger partial charge in [-0.15, -0.1) is 0 Å². The summed E-state index contributed by atoms with van der Waals surface area (Å²) in [6.07, 6.45) is 58.5. The molecule has 19 nitrogen and oxygen atoms in total. The lowest BCUT2D eigenvalue weighted by atomic mass is 9.96. The van der Waals surface area contributed by atoms with Crippen LogP contribution < -0.4 is 5.32 Å². The van der Waals surface area contributed by atoms with Crippen LogP contribution in [0.3, 0.4) is 0 Å². The SMILES string of the molecule is CC/C=C\C/C=C\C/C=C\C/C=C\C/C=C\C/C=C\C/C=C\C/C=C\C/C=C\CCCCCCCC(=O)NC(COC1OC(CO)C(OC2OC(CO)C(OC3OC(CO)C(O)C(O)C3O)C(O)C2O)C(O)C1O)C(O)/C=C/CC/C=C/CCCCCCCCCCCCCCCCCC. The highest BCUT2D eigenvalue weighted by molar-refractivity contribution is 5.76. The lowest BCUT2D eigenvalue weighted by molar-refractivity contribution is -0.379. The fraction of sp³-hybridized carbons (Fsp3) is 0.716. The molecule has 0 aromatic carbocycles. The van der Waals surface area contributed by atoms with Crippen LogP contribution >= 0.6 is 0 Å². The van der Waals surface area contributed by atoms with Gasteiger partial charge < -0.3 is 89.9 Å². The van der Waals surface area contributed by atoms with E-state index in [-0.39, 0.29) is 18.9 Å². The van der Waals surface area contributed by atoms with Gasteiger partial charge in [0.05, 0.1) is 38.6 Å². The normalized spacial score (nSPS) is 27.2. The van der Waals surface area contributed by atoms with Gasteiger partial charge in [0, 0.05) is 6.42 Å². The van der Waals surface area contributed by atoms with E-state index in [1.54, 1.807) is 6.08 Å². The van der Waals surface area contributed by atoms with Gasteiger partial charge >= 0.3 is 0 Å². The maximum absolute atomic E-state index is 13.4. The van der Waals surface area contributed by atoms with Crippen molar-refractivity contribution in [2.24, 2.45) is 0 Å². The lowest BCUT2D eigenvalue weighted by Crippen LogP contribution is -2.66. The third-order valence-electron chi connectivity index (χ3n) is 18.2. The van der Waals surface area contributed by atoms with Crippen molar-refractivity contribution in [3.8, 4) is 0 Å². The van der Waals surface area contributed by atoms with Gasteiger partial charge in [-0.25, -0.2) is 0 Å². The van der Waals surface area contributed by atoms with E-state index in [2.05, 4.69) is 141 Å². The Hall–Kier alpha value is -4.07. The Bertz CT molecular complexity index is 2330. The molecule has 3 fully saturated rings. The molecule has 100 heavy (non-hydrogen) atoms. The van der Waals surface area contributed by atoms with Crippen LogP contribution in [-0.4, -0.2) is 193 Å². The molecule has 0 aliphatic carbocycles. The number of nitrogens with one attached hydrogen (secondary N) is 1. The van der Waals surface area contributed by atoms with Crippen LogP contribution in [0.15, 0.2) is 134 Å². The molecule has 0 radical (unpaired) electrons. The molecule has 0 saturated carbocycles. The average Bonchev–Trinajstić information content (AvgIpc) is 0.783. The second kappa shape index (κ2) is 60.2. The Labute approximate surface area is 600 Å². The Balaban J connectivity index is 1.42. The van der Waals surface area contributed by atoms with Gasteiger partial charge in [0.1, 0.15) is 73.2 Å². The standard InChI is InChI=1S/C81H135NO18/c1-3-5-7-9-11-13-15-17-19-21-23-25-27-28-29-30-31-32-33-34-35-36-37-39-41-43-45-47-49-51-53-55-57-59-69(87)82-64(65(86)58-56-54-52-50-48-46-44-42-40-38-26-24-22-20-18-16-14-12-10-8-6-4-2)63-95-79-75(93)72(90)77(67(61-84)97-79)100-81-76(94)73(91)78(68(62-85)98-81)99-80-74(92)71(89)70(88)66(60-83)96-80/h5,7,11,13,17,19,23,25,28-29,31-32,34-35,37,39,43,45,48,50,56,58,64-68,70-81,83-86,88-94H,3-4,6,8-10,12,14-16,18,20-22,24,26-27,30,33,36,38,40-42,44,46-47,49,51-55,57,59-63H2,1-2H3,(H,82,87)/b7-5-,13-11-,19-17-,25-23-,29-28-,32-31-,35-34-,39-37-,45-43-,50-48+,58-56+. The molecule has 0 aromatic heterocycles. The van der Waals surface area contributed by atoms with Crippen molar-refractivity contribution in [3.63, 3.8) is 0 Å². The maximum Gasteiger partial charge on any atom is 0.220 e. The Morgan fingerprint density at radius 1 is 0.370 bits per heavy atom. The first-order valence-corrected chi connectivity index (χ1v) is 38.4. The van der Waals surface area contributed by atoms with Gasteiger partial charge in [0.2, 0.25) is 5.91 Å². The third kappa shape index (κ3) is 40.3. The molecule has 1 amide bonds. The minimum Gasteiger partial charge on any atom is -0.394 e. The Morgan fingerprint density at radius 3 is 1.12 bits per heavy atom. The predicted molar refractivity (Wildman–Crippen MR) is 396 cm³/mol. The topological polar surface area (TPSA) is 307 Å². The maximum atomic E-state index is 13.4. The van der Waals surface area contributed by atoms with E-state index in [4.69, 9.17) is 28.4 Å². The largest absolute Gasteiger partial charge is 0.394 e. The average molecular weight is 1410 g/mol. The number of hydrogen-bond donors (Lipinski definition) is 12. The Kier molecular flexibility index (Phi) is 54.3. The van der Waals surface area contributed by atoms with E-state index in [0.29, 0.717) is 12.8 Å². The fourth-order valence-electron chi connectivity index (χ4n) is 12.0. The zero-order valence-electron chi connectivity index (χ0n) is 60.9. The molecule has 12 N–H and O–H groups in total. The quantitative estimate of drug-likeness (QED) is 0.0199. The number of amides is 1. The highest BCUT2D eigenvalue weighted by Gasteiger charge is 2.53. The summed E-state index contributed by atoms with van der Waals surface area (Å²) >= 11 is 0. The third-order valence-corrected chi connectivity index (χ3v) is 18.2. The summed E-state index contributed by atoms with van der Waals surface area (Å²) in [5.41, 5.74) is 0. The molecule has 19 heteroatoms. The summed E-state index contributed by atoms with van der Waals surface area (Å²) < 4.78 is 34.4. The highest BCUT2D eigenvalue weighted by Crippen LogP contribution is 2.33. The summed E-state index contributed by atoms with van der Waals surface area (Å²) in [5.74, 6) is -0.309. The summed E-state index contributed by atoms with van der Waals surface area (Å²) in [6.45, 7) is 1.58. The first-order chi connectivity index (χ1) is 48.8. The minimum absolute atomic E-state index is 0.204. The molecule has 3 heterocycles. The number of rotatable bonds is 58. The molecule has 3 aliphatic heterocycles. The van der Waals surface area contributed by atoms with E-state index >= 15 is 0 Å². The van der Waals surface area contributed by atoms with Crippen molar-refractivity contribution in [1.82, 2.24) is 5.32 Å². The van der Waals surface area contributed by atoms with Gasteiger partial charge in [-0.3, -0.25) is 4.79 Å². The molecule has 17 atom stereocenters. The molecule has 572 valence electrons. The van der Waals surface area contributed by atoms with Crippen molar-refractivity contribution in [2.75, 3.05) is 26.4 Å². The first-order valence-electron chi connectivity index (χ1n) is 38.4. The minimum atomic E-state index is -1.99. The van der Waals surface area contributed by atoms with Crippen LogP contribution in [0.2, 0.25) is 0 Å². The second-order valence-electron chi connectivity index (χ2n) is 26.7. The number of carbonyl (C=O) groups is 1. The van der Waals surface area contributed by atoms with E-state index in [0.717, 1.165) is 109 Å². The summed E-state index contributed by atoms with van der Waals surface area (Å²) in [4.78, 5) is 13.4. The number of hydrogen-bond acceptors (Lipinski definition) is 18. The van der Waals surface area contributed by atoms with Gasteiger partial charge in [0.25, 0.3) is 0 Å². The van der Waals surface area contributed by atoms with Crippen LogP contribution in [0.5, 0.6) is 0 Å². The number of allylic oxidation sites excluding steroid dienone is 21. The molecular weight excluding hydrogens is 1270 g/mol. The van der Waals surface area contributed by atoms with Gasteiger partial charge in [0.15, 0.2) is 18.9 Å². The number of carbonyl (C=O) groups excluding carboxylic acids is 1. The monoisotopic (exact) mass is 1410 g/mol. The van der Waals surface area contributed by atoms with Crippen LogP contribution in [-0.2, 0) is 33.2 Å². The van der Waals surface area contributed by atoms with Gasteiger partial charge in [-0.05, 0) is 103 Å². The zero-order valence-corrected chi connectivity index (χ0v) is 60.9. The summed E-state index contributed by atoms with van der Waals surface area (Å²) in [5, 5.41) is 121. The molecule has 0 bridgehead atoms. The van der Waals surface area contributed by atoms with Crippen LogP contribution in [0.4, 0.5) is 0 Å². The molecular formula is C81H135NO18. The van der Waals surface area contributed by atoms with Crippen molar-refractivity contribution in [3.05, 3.63) is 134 Å². The highest BCUT2D eigenvalue weighted by atomic mass is 16.8. The molecule has 0 spiro atoms. The summed E-state index contributed by atoms with van der Waals surface area (Å²) in [7, 11) is 0. The summed E-state index contributed by atoms with van der Waals surface area (Å²) in [6, 6.07) is -1.01. The van der Waals surface area contributed by atoms with E-state index < -0.39 is 124 Å². The lowest BCUT2D eigenvalue weighted by Gasteiger charge is -2.48. The molecule has 0 aromatic rings. The molecule has 17 unspecified atom stereocenters. The van der Waals surface area contributed by atoms with E-state index in [9.17, 15) is 61.0 Å².